The van der Waals surface area contributed by atoms with Gasteiger partial charge in [-0.25, -0.2) is 4.79 Å². The summed E-state index contributed by atoms with van der Waals surface area (Å²) >= 11 is 0. The number of aromatic amines is 1. The Kier molecular flexibility index (Phi) is 2.44. The van der Waals surface area contributed by atoms with E-state index in [2.05, 4.69) is 22.3 Å². The highest BCUT2D eigenvalue weighted by atomic mass is 16.4. The molecule has 1 aliphatic rings. The predicted octanol–water partition coefficient (Wildman–Crippen LogP) is 2.57. The number of nitrogens with one attached hydrogen (secondary N) is 1. The van der Waals surface area contributed by atoms with Gasteiger partial charge in [0.05, 0.1) is 0 Å². The van der Waals surface area contributed by atoms with Gasteiger partial charge in [-0.15, -0.1) is 0 Å². The zero-order valence-electron chi connectivity index (χ0n) is 10.2. The number of fused-ring (bicyclic) bond motifs is 1. The summed E-state index contributed by atoms with van der Waals surface area (Å²) in [6, 6.07) is 6.21. The van der Waals surface area contributed by atoms with Gasteiger partial charge >= 0.3 is 5.97 Å². The number of aryl methyl sites for hydroxylation is 3. The first-order valence-electron chi connectivity index (χ1n) is 6.07. The monoisotopic (exact) mass is 242 g/mol. The Bertz CT molecular complexity index is 629. The molecule has 0 atom stereocenters. The number of benzene rings is 1. The van der Waals surface area contributed by atoms with Crippen LogP contribution in [0, 0.1) is 6.92 Å². The predicted molar refractivity (Wildman–Crippen MR) is 67.7 cm³/mol. The molecule has 4 nitrogen and oxygen atoms in total. The van der Waals surface area contributed by atoms with Crippen LogP contribution >= 0.6 is 0 Å². The van der Waals surface area contributed by atoms with E-state index in [1.165, 1.54) is 17.5 Å². The van der Waals surface area contributed by atoms with Crippen molar-refractivity contribution >= 4 is 5.97 Å². The summed E-state index contributed by atoms with van der Waals surface area (Å²) in [5.74, 6) is -0.991. The highest BCUT2D eigenvalue weighted by molar-refractivity contribution is 5.94. The van der Waals surface area contributed by atoms with Crippen LogP contribution in [0.4, 0.5) is 0 Å². The van der Waals surface area contributed by atoms with Gasteiger partial charge in [-0.2, -0.15) is 5.10 Å². The van der Waals surface area contributed by atoms with Gasteiger partial charge in [0, 0.05) is 11.3 Å². The Morgan fingerprint density at radius 3 is 2.89 bits per heavy atom. The summed E-state index contributed by atoms with van der Waals surface area (Å²) in [5.41, 5.74) is 5.27. The highest BCUT2D eigenvalue weighted by Gasteiger charge is 2.20. The van der Waals surface area contributed by atoms with Crippen LogP contribution in [0.15, 0.2) is 18.2 Å². The quantitative estimate of drug-likeness (QED) is 0.850. The summed E-state index contributed by atoms with van der Waals surface area (Å²) in [7, 11) is 0. The fourth-order valence-corrected chi connectivity index (χ4v) is 2.66. The van der Waals surface area contributed by atoms with Crippen LogP contribution in [0.5, 0.6) is 0 Å². The van der Waals surface area contributed by atoms with Crippen molar-refractivity contribution in [1.29, 1.82) is 0 Å². The second-order valence-electron chi connectivity index (χ2n) is 4.71. The van der Waals surface area contributed by atoms with Crippen molar-refractivity contribution < 1.29 is 9.90 Å². The Balaban J connectivity index is 2.15. The normalized spacial score (nSPS) is 13.6. The number of hydrogen-bond acceptors (Lipinski definition) is 2. The molecule has 0 unspecified atom stereocenters. The highest BCUT2D eigenvalue weighted by Crippen LogP contribution is 2.31. The van der Waals surface area contributed by atoms with E-state index in [1.54, 1.807) is 0 Å². The Morgan fingerprint density at radius 2 is 2.11 bits per heavy atom. The lowest BCUT2D eigenvalue weighted by Gasteiger charge is -2.05. The lowest BCUT2D eigenvalue weighted by molar-refractivity contribution is 0.0691. The van der Waals surface area contributed by atoms with E-state index < -0.39 is 5.97 Å². The third kappa shape index (κ3) is 1.61. The third-order valence-electron chi connectivity index (χ3n) is 3.54. The molecule has 0 amide bonds. The average molecular weight is 242 g/mol. The molecule has 92 valence electrons. The summed E-state index contributed by atoms with van der Waals surface area (Å²) in [6.07, 6.45) is 3.41. The first-order valence-corrected chi connectivity index (χ1v) is 6.07. The number of aromatic nitrogens is 2. The van der Waals surface area contributed by atoms with E-state index in [1.807, 2.05) is 13.0 Å². The van der Waals surface area contributed by atoms with Gasteiger partial charge in [0.2, 0.25) is 0 Å². The van der Waals surface area contributed by atoms with Crippen LogP contribution in [0.2, 0.25) is 0 Å². The van der Waals surface area contributed by atoms with E-state index >= 15 is 0 Å². The summed E-state index contributed by atoms with van der Waals surface area (Å²) < 4.78 is 0. The molecule has 0 saturated carbocycles. The van der Waals surface area contributed by atoms with E-state index in [0.29, 0.717) is 5.56 Å². The number of carboxylic acid groups (broad SMARTS) is 1. The fraction of sp³-hybridized carbons (Fsp3) is 0.286. The minimum atomic E-state index is -0.991. The Hall–Kier alpha value is -2.10. The largest absolute Gasteiger partial charge is 0.476 e. The zero-order chi connectivity index (χ0) is 12.7. The van der Waals surface area contributed by atoms with Gasteiger partial charge < -0.3 is 5.11 Å². The van der Waals surface area contributed by atoms with E-state index in [0.717, 1.165) is 24.1 Å². The molecule has 2 N–H and O–H groups in total. The van der Waals surface area contributed by atoms with Gasteiger partial charge in [-0.1, -0.05) is 18.2 Å². The Labute approximate surface area is 105 Å². The molecule has 0 aliphatic heterocycles. The molecule has 0 radical (unpaired) electrons. The molecule has 4 heteroatoms. The first-order chi connectivity index (χ1) is 8.66. The molecular weight excluding hydrogens is 228 g/mol. The van der Waals surface area contributed by atoms with Crippen molar-refractivity contribution in [2.24, 2.45) is 0 Å². The van der Waals surface area contributed by atoms with Crippen molar-refractivity contribution in [2.75, 3.05) is 0 Å². The lowest BCUT2D eigenvalue weighted by atomic mass is 9.99. The molecule has 0 fully saturated rings. The molecule has 1 aliphatic carbocycles. The van der Waals surface area contributed by atoms with Crippen LogP contribution in [-0.2, 0) is 12.8 Å². The van der Waals surface area contributed by atoms with Crippen molar-refractivity contribution in [3.05, 3.63) is 40.7 Å². The van der Waals surface area contributed by atoms with E-state index in [9.17, 15) is 4.79 Å². The van der Waals surface area contributed by atoms with Crippen LogP contribution < -0.4 is 0 Å². The number of rotatable bonds is 2. The van der Waals surface area contributed by atoms with Crippen molar-refractivity contribution in [3.63, 3.8) is 0 Å². The Morgan fingerprint density at radius 1 is 1.33 bits per heavy atom. The lowest BCUT2D eigenvalue weighted by Crippen LogP contribution is -1.99. The summed E-state index contributed by atoms with van der Waals surface area (Å²) in [4.78, 5) is 11.2. The maximum absolute atomic E-state index is 11.2. The van der Waals surface area contributed by atoms with Gasteiger partial charge in [0.1, 0.15) is 0 Å². The average Bonchev–Trinajstić information content (AvgIpc) is 2.93. The molecule has 1 aromatic heterocycles. The van der Waals surface area contributed by atoms with Gasteiger partial charge in [0.25, 0.3) is 0 Å². The minimum Gasteiger partial charge on any atom is -0.476 e. The number of hydrogen-bond donors (Lipinski definition) is 2. The van der Waals surface area contributed by atoms with Crippen molar-refractivity contribution in [1.82, 2.24) is 10.2 Å². The molecule has 0 bridgehead atoms. The number of H-pyrrole nitrogens is 1. The molecule has 1 heterocycles. The van der Waals surface area contributed by atoms with Gasteiger partial charge in [-0.3, -0.25) is 5.10 Å². The van der Waals surface area contributed by atoms with Gasteiger partial charge in [-0.05, 0) is 42.9 Å². The number of carbonyl (C=O) groups is 1. The maximum Gasteiger partial charge on any atom is 0.357 e. The van der Waals surface area contributed by atoms with Crippen LogP contribution in [-0.4, -0.2) is 21.3 Å². The number of aromatic carboxylic acids is 1. The van der Waals surface area contributed by atoms with Gasteiger partial charge in [0.15, 0.2) is 5.69 Å². The molecule has 0 saturated heterocycles. The molecule has 18 heavy (non-hydrogen) atoms. The first kappa shape index (κ1) is 11.0. The minimum absolute atomic E-state index is 0.102. The standard InChI is InChI=1S/C14H14N2O2/c1-8-12(13(14(17)18)16-15-8)11-6-5-9-3-2-4-10(9)7-11/h5-7H,2-4H2,1H3,(H,15,16)(H,17,18). The third-order valence-corrected chi connectivity index (χ3v) is 3.54. The van der Waals surface area contributed by atoms with Crippen molar-refractivity contribution in [2.45, 2.75) is 26.2 Å². The molecule has 0 spiro atoms. The summed E-state index contributed by atoms with van der Waals surface area (Å²) in [5, 5.41) is 15.8. The maximum atomic E-state index is 11.2. The topological polar surface area (TPSA) is 66.0 Å². The number of carboxylic acids is 1. The van der Waals surface area contributed by atoms with Crippen molar-refractivity contribution in [3.8, 4) is 11.1 Å². The SMILES string of the molecule is Cc1[nH]nc(C(=O)O)c1-c1ccc2c(c1)CCC2. The second kappa shape index (κ2) is 3.98. The van der Waals surface area contributed by atoms with Crippen LogP contribution in [0.3, 0.4) is 0 Å². The number of nitrogens with zero attached hydrogens (tertiary/aromatic N) is 1. The smallest absolute Gasteiger partial charge is 0.357 e. The molecule has 3 rings (SSSR count). The second-order valence-corrected chi connectivity index (χ2v) is 4.71. The van der Waals surface area contributed by atoms with Crippen LogP contribution in [0.25, 0.3) is 11.1 Å². The molecule has 1 aromatic carbocycles. The fourth-order valence-electron chi connectivity index (χ4n) is 2.66. The van der Waals surface area contributed by atoms with Crippen LogP contribution in [0.1, 0.15) is 33.7 Å². The zero-order valence-corrected chi connectivity index (χ0v) is 10.2. The molecule has 2 aromatic rings. The summed E-state index contributed by atoms with van der Waals surface area (Å²) in [6.45, 7) is 1.85. The van der Waals surface area contributed by atoms with E-state index in [4.69, 9.17) is 5.11 Å². The van der Waals surface area contributed by atoms with E-state index in [-0.39, 0.29) is 5.69 Å². The molecular formula is C14H14N2O2.